The molecule has 0 spiro atoms. The minimum atomic E-state index is -1.83. The molecule has 0 unspecified atom stereocenters. The zero-order valence-corrected chi connectivity index (χ0v) is 18.6. The van der Waals surface area contributed by atoms with Gasteiger partial charge in [0.2, 0.25) is 6.29 Å². The van der Waals surface area contributed by atoms with Crippen LogP contribution in [0, 0.1) is 0 Å². The molecule has 0 atom stereocenters. The Morgan fingerprint density at radius 3 is 1.33 bits per heavy atom. The Hall–Kier alpha value is 0.683. The fourth-order valence-electron chi connectivity index (χ4n) is 1.83. The Kier molecular flexibility index (Phi) is 20.7. The molecule has 0 aromatic heterocycles. The standard InChI is InChI=1S/C18H38O5.Zr/c1-5-9-13-20-17(21-14-10-6-2)18(19,22-15-11-7-3)23-16-12-8-4;/h17,19H,5-16H2,1-4H3;. The van der Waals surface area contributed by atoms with Crippen LogP contribution in [0.2, 0.25) is 0 Å². The third kappa shape index (κ3) is 13.0. The van der Waals surface area contributed by atoms with Gasteiger partial charge in [-0.05, 0) is 25.7 Å². The molecular weight excluding hydrogens is 387 g/mol. The van der Waals surface area contributed by atoms with Crippen molar-refractivity contribution in [3.63, 3.8) is 0 Å². The molecule has 0 aliphatic rings. The second-order valence-electron chi connectivity index (χ2n) is 5.82. The number of hydrogen-bond acceptors (Lipinski definition) is 5. The van der Waals surface area contributed by atoms with E-state index >= 15 is 0 Å². The van der Waals surface area contributed by atoms with Gasteiger partial charge in [-0.3, -0.25) is 0 Å². The summed E-state index contributed by atoms with van der Waals surface area (Å²) in [5.74, 6) is -1.83. The van der Waals surface area contributed by atoms with Gasteiger partial charge in [-0.2, -0.15) is 0 Å². The number of unbranched alkanes of at least 4 members (excludes halogenated alkanes) is 4. The van der Waals surface area contributed by atoms with E-state index in [4.69, 9.17) is 18.9 Å². The zero-order chi connectivity index (χ0) is 17.4. The van der Waals surface area contributed by atoms with E-state index in [2.05, 4.69) is 27.7 Å². The molecule has 1 N–H and O–H groups in total. The average molecular weight is 426 g/mol. The van der Waals surface area contributed by atoms with E-state index in [0.717, 1.165) is 51.4 Å². The molecule has 0 heterocycles. The topological polar surface area (TPSA) is 57.2 Å². The van der Waals surface area contributed by atoms with Crippen molar-refractivity contribution in [2.45, 2.75) is 91.3 Å². The second-order valence-corrected chi connectivity index (χ2v) is 5.82. The maximum Gasteiger partial charge on any atom is 0.334 e. The number of rotatable bonds is 17. The van der Waals surface area contributed by atoms with Gasteiger partial charge in [0.05, 0.1) is 26.4 Å². The minimum absolute atomic E-state index is 0. The van der Waals surface area contributed by atoms with Crippen LogP contribution >= 0.6 is 0 Å². The molecule has 0 fully saturated rings. The Morgan fingerprint density at radius 1 is 0.667 bits per heavy atom. The van der Waals surface area contributed by atoms with Crippen LogP contribution in [0.4, 0.5) is 0 Å². The van der Waals surface area contributed by atoms with E-state index in [9.17, 15) is 5.11 Å². The van der Waals surface area contributed by atoms with E-state index < -0.39 is 12.3 Å². The second kappa shape index (κ2) is 18.5. The first-order valence-electron chi connectivity index (χ1n) is 9.38. The van der Waals surface area contributed by atoms with Crippen LogP contribution in [-0.4, -0.2) is 43.8 Å². The summed E-state index contributed by atoms with van der Waals surface area (Å²) in [5, 5.41) is 10.8. The van der Waals surface area contributed by atoms with Crippen molar-refractivity contribution >= 4 is 0 Å². The predicted octanol–water partition coefficient (Wildman–Crippen LogP) is 4.22. The fourth-order valence-corrected chi connectivity index (χ4v) is 1.83. The summed E-state index contributed by atoms with van der Waals surface area (Å²) in [6.45, 7) is 10.2. The summed E-state index contributed by atoms with van der Waals surface area (Å²) >= 11 is 0. The van der Waals surface area contributed by atoms with Crippen LogP contribution in [0.5, 0.6) is 0 Å². The number of hydrogen-bond donors (Lipinski definition) is 1. The fraction of sp³-hybridized carbons (Fsp3) is 1.00. The SMILES string of the molecule is CCCCOC(OCCCC)C(O)(OCCCC)OCCCC.[Zr]. The van der Waals surface area contributed by atoms with Crippen LogP contribution in [0.15, 0.2) is 0 Å². The Bertz CT molecular complexity index is 234. The molecule has 6 heteroatoms. The molecule has 144 valence electrons. The first-order valence-corrected chi connectivity index (χ1v) is 9.38. The van der Waals surface area contributed by atoms with Crippen LogP contribution in [0.25, 0.3) is 0 Å². The Morgan fingerprint density at radius 2 is 1.00 bits per heavy atom. The first kappa shape index (κ1) is 26.9. The average Bonchev–Trinajstić information content (AvgIpc) is 2.54. The van der Waals surface area contributed by atoms with Gasteiger partial charge in [-0.25, -0.2) is 0 Å². The van der Waals surface area contributed by atoms with Gasteiger partial charge in [-0.15, -0.1) is 0 Å². The monoisotopic (exact) mass is 424 g/mol. The van der Waals surface area contributed by atoms with E-state index in [-0.39, 0.29) is 26.2 Å². The van der Waals surface area contributed by atoms with Gasteiger partial charge in [0.1, 0.15) is 0 Å². The molecular formula is C18H38O5Zr. The van der Waals surface area contributed by atoms with Gasteiger partial charge in [0, 0.05) is 26.2 Å². The third-order valence-electron chi connectivity index (χ3n) is 3.45. The summed E-state index contributed by atoms with van der Waals surface area (Å²) in [6.07, 6.45) is 6.65. The van der Waals surface area contributed by atoms with Gasteiger partial charge in [-0.1, -0.05) is 53.4 Å². The maximum atomic E-state index is 10.8. The molecule has 5 nitrogen and oxygen atoms in total. The molecule has 0 radical (unpaired) electrons. The van der Waals surface area contributed by atoms with Gasteiger partial charge < -0.3 is 24.1 Å². The molecule has 0 bridgehead atoms. The first-order chi connectivity index (χ1) is 11.1. The van der Waals surface area contributed by atoms with Crippen LogP contribution in [0.3, 0.4) is 0 Å². The smallest absolute Gasteiger partial charge is 0.334 e. The molecule has 0 aromatic carbocycles. The summed E-state index contributed by atoms with van der Waals surface area (Å²) in [4.78, 5) is 0. The molecule has 0 rings (SSSR count). The van der Waals surface area contributed by atoms with Gasteiger partial charge in [0.25, 0.3) is 0 Å². The molecule has 0 amide bonds. The quantitative estimate of drug-likeness (QED) is 0.279. The van der Waals surface area contributed by atoms with Crippen molar-refractivity contribution in [2.75, 3.05) is 26.4 Å². The summed E-state index contributed by atoms with van der Waals surface area (Å²) < 4.78 is 22.7. The summed E-state index contributed by atoms with van der Waals surface area (Å²) in [6, 6.07) is 0. The maximum absolute atomic E-state index is 10.8. The molecule has 0 aliphatic carbocycles. The normalized spacial score (nSPS) is 11.8. The van der Waals surface area contributed by atoms with E-state index in [1.165, 1.54) is 0 Å². The van der Waals surface area contributed by atoms with Crippen molar-refractivity contribution < 1.29 is 50.3 Å². The molecule has 0 saturated carbocycles. The van der Waals surface area contributed by atoms with Crippen LogP contribution in [-0.2, 0) is 45.2 Å². The van der Waals surface area contributed by atoms with E-state index in [1.807, 2.05) is 0 Å². The number of aliphatic hydroxyl groups is 1. The van der Waals surface area contributed by atoms with E-state index in [1.54, 1.807) is 0 Å². The van der Waals surface area contributed by atoms with Crippen molar-refractivity contribution in [1.29, 1.82) is 0 Å². The summed E-state index contributed by atoms with van der Waals surface area (Å²) in [7, 11) is 0. The molecule has 0 aliphatic heterocycles. The van der Waals surface area contributed by atoms with E-state index in [0.29, 0.717) is 26.4 Å². The molecule has 24 heavy (non-hydrogen) atoms. The Balaban J connectivity index is 0. The molecule has 0 saturated heterocycles. The largest absolute Gasteiger partial charge is 0.346 e. The third-order valence-corrected chi connectivity index (χ3v) is 3.45. The number of ether oxygens (including phenoxy) is 4. The van der Waals surface area contributed by atoms with Gasteiger partial charge >= 0.3 is 5.97 Å². The predicted molar refractivity (Wildman–Crippen MR) is 92.2 cm³/mol. The van der Waals surface area contributed by atoms with Crippen LogP contribution in [0.1, 0.15) is 79.1 Å². The minimum Gasteiger partial charge on any atom is -0.346 e. The Labute approximate surface area is 167 Å². The van der Waals surface area contributed by atoms with Gasteiger partial charge in [0.15, 0.2) is 0 Å². The van der Waals surface area contributed by atoms with Crippen molar-refractivity contribution in [3.05, 3.63) is 0 Å². The van der Waals surface area contributed by atoms with Crippen molar-refractivity contribution in [3.8, 4) is 0 Å². The summed E-state index contributed by atoms with van der Waals surface area (Å²) in [5.41, 5.74) is 0. The van der Waals surface area contributed by atoms with Crippen molar-refractivity contribution in [1.82, 2.24) is 0 Å². The van der Waals surface area contributed by atoms with Crippen molar-refractivity contribution in [2.24, 2.45) is 0 Å². The zero-order valence-electron chi connectivity index (χ0n) is 16.1. The van der Waals surface area contributed by atoms with Crippen LogP contribution < -0.4 is 0 Å². The molecule has 0 aromatic rings.